The third-order valence-corrected chi connectivity index (χ3v) is 11.1. The summed E-state index contributed by atoms with van der Waals surface area (Å²) in [5.41, 5.74) is 4.68. The molecule has 0 aromatic heterocycles. The Labute approximate surface area is 338 Å². The summed E-state index contributed by atoms with van der Waals surface area (Å²) >= 11 is 22.0. The van der Waals surface area contributed by atoms with Gasteiger partial charge in [-0.25, -0.2) is 4.39 Å². The third-order valence-electron chi connectivity index (χ3n) is 6.82. The molecule has 2 aromatic rings. The summed E-state index contributed by atoms with van der Waals surface area (Å²) in [5.74, 6) is 0. The zero-order valence-corrected chi connectivity index (χ0v) is 36.6. The zero-order chi connectivity index (χ0) is 31.6. The molecule has 0 saturated heterocycles. The molecule has 2 saturated carbocycles. The van der Waals surface area contributed by atoms with Gasteiger partial charge in [0.25, 0.3) is 2.40 Å². The predicted molar refractivity (Wildman–Crippen MR) is 219 cm³/mol. The van der Waals surface area contributed by atoms with E-state index in [2.05, 4.69) is 105 Å². The van der Waals surface area contributed by atoms with Gasteiger partial charge in [0.05, 0.1) is 5.41 Å². The number of aldehydes is 1. The van der Waals surface area contributed by atoms with Gasteiger partial charge in [-0.1, -0.05) is 127 Å². The van der Waals surface area contributed by atoms with Gasteiger partial charge < -0.3 is 4.79 Å². The Morgan fingerprint density at radius 3 is 1.17 bits per heavy atom. The Kier molecular flexibility index (Phi) is 32.1. The Morgan fingerprint density at radius 1 is 0.739 bits per heavy atom. The predicted octanol–water partition coefficient (Wildman–Crippen LogP) is 16.1. The first kappa shape index (κ1) is 56.6. The number of benzene rings is 2. The summed E-state index contributed by atoms with van der Waals surface area (Å²) in [6.45, 7) is 14.1. The molecule has 0 amide bonds. The fraction of sp³-hybridized carbons (Fsp3) is 0.571. The maximum atomic E-state index is 12.8. The summed E-state index contributed by atoms with van der Waals surface area (Å²) in [6.07, 6.45) is 6.67. The van der Waals surface area contributed by atoms with Crippen molar-refractivity contribution < 1.29 is 33.1 Å². The number of carbonyl (C=O) groups is 1. The van der Waals surface area contributed by atoms with Gasteiger partial charge in [0, 0.05) is 34.9 Å². The Hall–Kier alpha value is 1.26. The maximum absolute atomic E-state index is 12.8. The van der Waals surface area contributed by atoms with Crippen molar-refractivity contribution in [3.05, 3.63) is 80.5 Å². The van der Waals surface area contributed by atoms with E-state index in [0.717, 1.165) is 65.1 Å². The van der Waals surface area contributed by atoms with Crippen LogP contribution in [0.15, 0.2) is 59.3 Å². The first-order valence-corrected chi connectivity index (χ1v) is 18.9. The van der Waals surface area contributed by atoms with E-state index in [0.29, 0.717) is 5.02 Å². The molecule has 0 N–H and O–H groups in total. The van der Waals surface area contributed by atoms with Crippen molar-refractivity contribution in [2.24, 2.45) is 0 Å². The average Bonchev–Trinajstić information content (AvgIpc) is 3.75. The number of allylic oxidation sites excluding steroid dienone is 1. The minimum atomic E-state index is -1.56. The van der Waals surface area contributed by atoms with Crippen LogP contribution in [0.25, 0.3) is 0 Å². The number of alkyl halides is 4. The van der Waals surface area contributed by atoms with E-state index in [1.54, 1.807) is 6.08 Å². The van der Waals surface area contributed by atoms with Gasteiger partial charge in [0.15, 0.2) is 4.74 Å². The van der Waals surface area contributed by atoms with Crippen molar-refractivity contribution in [3.63, 3.8) is 0 Å². The van der Waals surface area contributed by atoms with Crippen molar-refractivity contribution in [3.8, 4) is 0 Å². The molecule has 4 rings (SSSR count). The second-order valence-corrected chi connectivity index (χ2v) is 23.1. The SMILES string of the molecule is C.C.C.C.CC(C)P(C(C)C)C(C)C.FC(Br)(Br)Br.FC(Br)=CC1(c2ccc(Cl)cc2)CC1.O=CC1(c2ccc(Cl)cc2)CC1.[Zn]. The van der Waals surface area contributed by atoms with Gasteiger partial charge in [-0.15, -0.1) is 0 Å². The normalized spacial score (nSPS) is 14.9. The van der Waals surface area contributed by atoms with Crippen LogP contribution in [-0.2, 0) is 35.1 Å². The van der Waals surface area contributed by atoms with E-state index in [4.69, 9.17) is 23.2 Å². The van der Waals surface area contributed by atoms with E-state index in [1.165, 1.54) is 0 Å². The molecular weight excluding hydrogens is 961 g/mol. The van der Waals surface area contributed by atoms with Crippen LogP contribution in [-0.4, -0.2) is 25.7 Å². The molecule has 2 aliphatic carbocycles. The summed E-state index contributed by atoms with van der Waals surface area (Å²) in [7, 11) is 0.262. The van der Waals surface area contributed by atoms with Gasteiger partial charge in [0.2, 0.25) is 0 Å². The van der Waals surface area contributed by atoms with Crippen molar-refractivity contribution in [2.75, 3.05) is 0 Å². The van der Waals surface area contributed by atoms with E-state index in [9.17, 15) is 13.6 Å². The van der Waals surface area contributed by atoms with Crippen molar-refractivity contribution >= 4 is 101 Å². The molecule has 0 aliphatic heterocycles. The van der Waals surface area contributed by atoms with E-state index in [-0.39, 0.29) is 72.7 Å². The molecule has 46 heavy (non-hydrogen) atoms. The number of hydrogen-bond acceptors (Lipinski definition) is 1. The second-order valence-electron chi connectivity index (χ2n) is 11.0. The van der Waals surface area contributed by atoms with Crippen LogP contribution in [0.2, 0.25) is 10.0 Å². The molecule has 0 atom stereocenters. The summed E-state index contributed by atoms with van der Waals surface area (Å²) in [6, 6.07) is 15.1. The zero-order valence-electron chi connectivity index (χ0n) is 24.9. The Morgan fingerprint density at radius 2 is 1.00 bits per heavy atom. The molecule has 264 valence electrons. The maximum Gasteiger partial charge on any atom is 0.272 e. The fourth-order valence-corrected chi connectivity index (χ4v) is 9.09. The molecule has 0 heterocycles. The number of hydrogen-bond donors (Lipinski definition) is 0. The Balaban J connectivity index is -0.000000164. The first-order valence-electron chi connectivity index (χ1n) is 13.4. The van der Waals surface area contributed by atoms with Gasteiger partial charge >= 0.3 is 0 Å². The molecule has 2 aliphatic rings. The number of halogens is 8. The largest absolute Gasteiger partial charge is 0.302 e. The number of rotatable bonds is 7. The third kappa shape index (κ3) is 22.2. The fourth-order valence-electron chi connectivity index (χ4n) is 4.82. The van der Waals surface area contributed by atoms with E-state index >= 15 is 0 Å². The van der Waals surface area contributed by atoms with Crippen LogP contribution in [0.5, 0.6) is 0 Å². The monoisotopic (exact) mass is 1010 g/mol. The molecule has 1 nitrogen and oxygen atoms in total. The molecule has 0 bridgehead atoms. The number of carbonyl (C=O) groups excluding carboxylic acids is 1. The van der Waals surface area contributed by atoms with Crippen LogP contribution < -0.4 is 0 Å². The second kappa shape index (κ2) is 26.1. The van der Waals surface area contributed by atoms with Gasteiger partial charge in [0.1, 0.15) is 6.29 Å². The van der Waals surface area contributed by atoms with Crippen LogP contribution in [0.3, 0.4) is 0 Å². The minimum Gasteiger partial charge on any atom is -0.302 e. The standard InChI is InChI=1S/C11H9BrClF.C10H9ClO.C9H21P.CBr3F.4CH4.Zn/c12-10(14)7-11(5-6-11)8-1-3-9(13)4-2-8;11-9-3-1-8(2-4-9)10(7-12)5-6-10;1-7(2)10(8(3)4)9(5)6;2-1(3,4)5;;;;;/h1-4,7H,5-6H2;1-4,7H,5-6H2;7-9H,1-6H3;;4*1H4;. The summed E-state index contributed by atoms with van der Waals surface area (Å²) in [4.78, 5) is 10.7. The minimum absolute atomic E-state index is 0. The van der Waals surface area contributed by atoms with Crippen LogP contribution in [0.1, 0.15) is 108 Å². The molecule has 0 radical (unpaired) electrons. The van der Waals surface area contributed by atoms with Crippen molar-refractivity contribution in [2.45, 2.75) is 127 Å². The van der Waals surface area contributed by atoms with Crippen molar-refractivity contribution in [1.82, 2.24) is 0 Å². The van der Waals surface area contributed by atoms with E-state index < -0.39 is 2.40 Å². The van der Waals surface area contributed by atoms with Crippen LogP contribution in [0, 0.1) is 0 Å². The average molecular weight is 1020 g/mol. The topological polar surface area (TPSA) is 17.1 Å². The van der Waals surface area contributed by atoms with Gasteiger partial charge in [-0.3, -0.25) is 0 Å². The van der Waals surface area contributed by atoms with Crippen molar-refractivity contribution in [1.29, 1.82) is 0 Å². The Bertz CT molecular complexity index is 1080. The van der Waals surface area contributed by atoms with Crippen LogP contribution in [0.4, 0.5) is 8.78 Å². The smallest absolute Gasteiger partial charge is 0.272 e. The molecule has 11 heteroatoms. The van der Waals surface area contributed by atoms with E-state index in [1.807, 2.05) is 48.5 Å². The first-order chi connectivity index (χ1) is 18.9. The molecule has 0 spiro atoms. The summed E-state index contributed by atoms with van der Waals surface area (Å²) < 4.78 is 22.3. The van der Waals surface area contributed by atoms with Gasteiger partial charge in [-0.05, 0) is 148 Å². The molecule has 2 aromatic carbocycles. The molecular formula is C35H55Br4Cl2F2OPZn. The quantitative estimate of drug-likeness (QED) is 0.117. The summed E-state index contributed by atoms with van der Waals surface area (Å²) in [5, 5.41) is 1.44. The van der Waals surface area contributed by atoms with Crippen LogP contribution >= 0.6 is 94.8 Å². The molecule has 0 unspecified atom stereocenters. The van der Waals surface area contributed by atoms with Gasteiger partial charge in [-0.2, -0.15) is 4.39 Å². The molecule has 2 fully saturated rings.